The van der Waals surface area contributed by atoms with Gasteiger partial charge < -0.3 is 9.47 Å². The Morgan fingerprint density at radius 3 is 2.65 bits per heavy atom. The van der Waals surface area contributed by atoms with Crippen LogP contribution < -0.4 is 5.56 Å². The summed E-state index contributed by atoms with van der Waals surface area (Å²) in [7, 11) is 0. The summed E-state index contributed by atoms with van der Waals surface area (Å²) in [6.45, 7) is 1.25. The number of benzene rings is 1. The van der Waals surface area contributed by atoms with E-state index in [-0.39, 0.29) is 17.7 Å². The zero-order chi connectivity index (χ0) is 21.5. The molecule has 11 heteroatoms. The molecule has 2 aromatic heterocycles. The SMILES string of the molecule is O=C([C@H](c1ccccc1)n1cnnn1)N1C[C@@H]2C[C@@H](C1)c1ccc([N+](=O)[O-])c(=O)n1C2. The fourth-order valence-electron chi connectivity index (χ4n) is 4.76. The summed E-state index contributed by atoms with van der Waals surface area (Å²) in [5.74, 6) is -0.138. The van der Waals surface area contributed by atoms with Crippen LogP contribution in [-0.2, 0) is 11.3 Å². The Balaban J connectivity index is 1.47. The molecular formula is C20H19N7O4. The number of rotatable bonds is 4. The van der Waals surface area contributed by atoms with E-state index in [0.717, 1.165) is 17.7 Å². The first-order chi connectivity index (χ1) is 15.0. The summed E-state index contributed by atoms with van der Waals surface area (Å²) in [6.07, 6.45) is 2.26. The van der Waals surface area contributed by atoms with Crippen molar-refractivity contribution in [2.45, 2.75) is 24.9 Å². The van der Waals surface area contributed by atoms with E-state index >= 15 is 0 Å². The number of nitrogens with zero attached hydrogens (tertiary/aromatic N) is 7. The maximum absolute atomic E-state index is 13.6. The normalized spacial score (nSPS) is 20.7. The molecule has 11 nitrogen and oxygen atoms in total. The molecule has 4 heterocycles. The summed E-state index contributed by atoms with van der Waals surface area (Å²) >= 11 is 0. The summed E-state index contributed by atoms with van der Waals surface area (Å²) < 4.78 is 2.96. The lowest BCUT2D eigenvalue weighted by Gasteiger charge is -2.43. The van der Waals surface area contributed by atoms with Gasteiger partial charge in [0.2, 0.25) is 0 Å². The van der Waals surface area contributed by atoms with E-state index in [1.54, 1.807) is 11.0 Å². The Morgan fingerprint density at radius 1 is 1.13 bits per heavy atom. The van der Waals surface area contributed by atoms with Crippen LogP contribution in [0, 0.1) is 16.0 Å². The van der Waals surface area contributed by atoms with Gasteiger partial charge in [-0.25, -0.2) is 4.68 Å². The van der Waals surface area contributed by atoms with Gasteiger partial charge in [-0.3, -0.25) is 19.7 Å². The average Bonchev–Trinajstić information content (AvgIpc) is 3.29. The highest BCUT2D eigenvalue weighted by molar-refractivity contribution is 5.83. The van der Waals surface area contributed by atoms with Crippen molar-refractivity contribution in [2.75, 3.05) is 13.1 Å². The first-order valence-corrected chi connectivity index (χ1v) is 9.97. The number of pyridine rings is 1. The molecule has 1 fully saturated rings. The third kappa shape index (κ3) is 3.27. The smallest absolute Gasteiger partial charge is 0.334 e. The molecule has 0 spiro atoms. The van der Waals surface area contributed by atoms with Gasteiger partial charge in [0, 0.05) is 37.3 Å². The number of amides is 1. The average molecular weight is 421 g/mol. The third-order valence-corrected chi connectivity index (χ3v) is 6.07. The molecule has 3 atom stereocenters. The first-order valence-electron chi connectivity index (χ1n) is 9.97. The number of aromatic nitrogens is 5. The highest BCUT2D eigenvalue weighted by Gasteiger charge is 2.40. The van der Waals surface area contributed by atoms with Gasteiger partial charge in [0.25, 0.3) is 5.91 Å². The van der Waals surface area contributed by atoms with Crippen LogP contribution in [0.25, 0.3) is 0 Å². The van der Waals surface area contributed by atoms with Gasteiger partial charge in [0.05, 0.1) is 4.92 Å². The first kappa shape index (κ1) is 19.1. The largest absolute Gasteiger partial charge is 0.340 e. The van der Waals surface area contributed by atoms with Gasteiger partial charge >= 0.3 is 11.2 Å². The number of fused-ring (bicyclic) bond motifs is 4. The lowest BCUT2D eigenvalue weighted by Crippen LogP contribution is -2.51. The van der Waals surface area contributed by atoms with Gasteiger partial charge in [-0.2, -0.15) is 0 Å². The van der Waals surface area contributed by atoms with Crippen LogP contribution in [0.2, 0.25) is 0 Å². The number of tetrazole rings is 1. The van der Waals surface area contributed by atoms with Crippen molar-refractivity contribution in [3.8, 4) is 0 Å². The van der Waals surface area contributed by atoms with Gasteiger partial charge in [0.1, 0.15) is 6.33 Å². The second kappa shape index (κ2) is 7.42. The molecule has 0 N–H and O–H groups in total. The van der Waals surface area contributed by atoms with Crippen LogP contribution in [0.15, 0.2) is 53.6 Å². The molecular weight excluding hydrogens is 402 g/mol. The minimum atomic E-state index is -0.686. The van der Waals surface area contributed by atoms with Crippen molar-refractivity contribution >= 4 is 11.6 Å². The highest BCUT2D eigenvalue weighted by atomic mass is 16.6. The molecule has 0 radical (unpaired) electrons. The van der Waals surface area contributed by atoms with E-state index in [1.807, 2.05) is 30.3 Å². The molecule has 2 aliphatic rings. The van der Waals surface area contributed by atoms with Crippen LogP contribution in [0.3, 0.4) is 0 Å². The molecule has 158 valence electrons. The zero-order valence-electron chi connectivity index (χ0n) is 16.4. The minimum absolute atomic E-state index is 0.0419. The Bertz CT molecular complexity index is 1190. The molecule has 3 aromatic rings. The van der Waals surface area contributed by atoms with Gasteiger partial charge in [-0.1, -0.05) is 30.3 Å². The van der Waals surface area contributed by atoms with Crippen LogP contribution in [0.5, 0.6) is 0 Å². The number of hydrogen-bond donors (Lipinski definition) is 0. The number of piperidine rings is 1. The predicted octanol–water partition coefficient (Wildman–Crippen LogP) is 0.978. The van der Waals surface area contributed by atoms with Crippen LogP contribution in [-0.4, -0.2) is 53.6 Å². The molecule has 0 aliphatic carbocycles. The fourth-order valence-corrected chi connectivity index (χ4v) is 4.76. The summed E-state index contributed by atoms with van der Waals surface area (Å²) in [6, 6.07) is 11.6. The van der Waals surface area contributed by atoms with Crippen molar-refractivity contribution in [2.24, 2.45) is 5.92 Å². The van der Waals surface area contributed by atoms with Gasteiger partial charge in [0.15, 0.2) is 6.04 Å². The summed E-state index contributed by atoms with van der Waals surface area (Å²) in [5, 5.41) is 22.5. The number of nitro groups is 1. The Morgan fingerprint density at radius 2 is 1.94 bits per heavy atom. The predicted molar refractivity (Wildman–Crippen MR) is 107 cm³/mol. The molecule has 1 saturated heterocycles. The van der Waals surface area contributed by atoms with Gasteiger partial charge in [-0.05, 0) is 34.4 Å². The van der Waals surface area contributed by atoms with E-state index in [0.29, 0.717) is 19.6 Å². The summed E-state index contributed by atoms with van der Waals surface area (Å²) in [5.41, 5.74) is 0.526. The minimum Gasteiger partial charge on any atom is -0.340 e. The molecule has 2 aliphatic heterocycles. The molecule has 31 heavy (non-hydrogen) atoms. The van der Waals surface area contributed by atoms with E-state index in [4.69, 9.17) is 0 Å². The number of carbonyl (C=O) groups excluding carboxylic acids is 1. The number of carbonyl (C=O) groups is 1. The molecule has 5 rings (SSSR count). The van der Waals surface area contributed by atoms with Gasteiger partial charge in [-0.15, -0.1) is 5.10 Å². The van der Waals surface area contributed by atoms with Crippen molar-refractivity contribution in [1.29, 1.82) is 0 Å². The zero-order valence-corrected chi connectivity index (χ0v) is 16.4. The monoisotopic (exact) mass is 421 g/mol. The topological polar surface area (TPSA) is 129 Å². The fraction of sp³-hybridized carbons (Fsp3) is 0.350. The molecule has 2 bridgehead atoms. The van der Waals surface area contributed by atoms with Crippen molar-refractivity contribution in [3.63, 3.8) is 0 Å². The van der Waals surface area contributed by atoms with E-state index < -0.39 is 22.2 Å². The Kier molecular flexibility index (Phi) is 4.57. The third-order valence-electron chi connectivity index (χ3n) is 6.07. The second-order valence-electron chi connectivity index (χ2n) is 7.96. The molecule has 1 aromatic carbocycles. The lowest BCUT2D eigenvalue weighted by molar-refractivity contribution is -0.386. The van der Waals surface area contributed by atoms with E-state index in [1.165, 1.54) is 21.6 Å². The quantitative estimate of drug-likeness (QED) is 0.453. The van der Waals surface area contributed by atoms with Crippen molar-refractivity contribution < 1.29 is 9.72 Å². The van der Waals surface area contributed by atoms with Crippen LogP contribution >= 0.6 is 0 Å². The maximum Gasteiger partial charge on any atom is 0.334 e. The van der Waals surface area contributed by atoms with Crippen LogP contribution in [0.1, 0.15) is 29.6 Å². The standard InChI is InChI=1S/C20H19N7O4/c28-19-17(27(30)31)7-6-16-15-8-13(10-25(16)19)9-24(11-15)20(29)18(26-12-21-22-23-26)14-4-2-1-3-5-14/h1-7,12-13,15,18H,8-11H2/t13-,15-,18-/m0/s1. The Hall–Kier alpha value is -3.89. The molecule has 1 amide bonds. The highest BCUT2D eigenvalue weighted by Crippen LogP contribution is 2.36. The van der Waals surface area contributed by atoms with E-state index in [9.17, 15) is 19.7 Å². The Labute approximate surface area is 176 Å². The van der Waals surface area contributed by atoms with Crippen molar-refractivity contribution in [3.05, 3.63) is 80.5 Å². The number of likely N-dealkylation sites (tertiary alicyclic amines) is 1. The van der Waals surface area contributed by atoms with E-state index in [2.05, 4.69) is 15.5 Å². The molecule has 0 unspecified atom stereocenters. The number of hydrogen-bond acceptors (Lipinski definition) is 7. The maximum atomic E-state index is 13.6. The van der Waals surface area contributed by atoms with Crippen LogP contribution in [0.4, 0.5) is 5.69 Å². The lowest BCUT2D eigenvalue weighted by atomic mass is 9.82. The second-order valence-corrected chi connectivity index (χ2v) is 7.96. The summed E-state index contributed by atoms with van der Waals surface area (Å²) in [4.78, 5) is 38.5. The molecule has 0 saturated carbocycles. The van der Waals surface area contributed by atoms with Crippen molar-refractivity contribution in [1.82, 2.24) is 29.7 Å².